The standard InChI is InChI=1S/C23H27N5O5S/c1-15-10-17(11-16(2)20(15)33-23(3,4)22(29)30)12-27(14-28-24-7-8-31-28)13-19-25-26-21(32-19)18-6-5-9-34-18/h5-11,24H,12-14H2,1-4H3,(H,29,30). The fraction of sp³-hybridized carbons (Fsp3) is 0.348. The van der Waals surface area contributed by atoms with Gasteiger partial charge in [0.05, 0.1) is 17.6 Å². The Kier molecular flexibility index (Phi) is 6.87. The summed E-state index contributed by atoms with van der Waals surface area (Å²) in [6.07, 6.45) is 3.26. The largest absolute Gasteiger partial charge is 0.478 e. The summed E-state index contributed by atoms with van der Waals surface area (Å²) in [6, 6.07) is 7.87. The van der Waals surface area contributed by atoms with Gasteiger partial charge in [-0.2, -0.15) is 0 Å². The van der Waals surface area contributed by atoms with E-state index in [2.05, 4.69) is 20.5 Å². The van der Waals surface area contributed by atoms with Crippen LogP contribution >= 0.6 is 11.3 Å². The molecule has 1 aliphatic rings. The predicted octanol–water partition coefficient (Wildman–Crippen LogP) is 3.84. The topological polar surface area (TPSA) is 113 Å². The second kappa shape index (κ2) is 9.84. The van der Waals surface area contributed by atoms with Gasteiger partial charge in [-0.05, 0) is 61.0 Å². The Balaban J connectivity index is 1.52. The third kappa shape index (κ3) is 5.56. The molecule has 0 amide bonds. The van der Waals surface area contributed by atoms with Crippen LogP contribution in [0.15, 0.2) is 46.5 Å². The number of hydroxylamine groups is 1. The van der Waals surface area contributed by atoms with Crippen LogP contribution in [-0.4, -0.2) is 43.6 Å². The van der Waals surface area contributed by atoms with Crippen LogP contribution < -0.4 is 10.2 Å². The quantitative estimate of drug-likeness (QED) is 0.439. The summed E-state index contributed by atoms with van der Waals surface area (Å²) >= 11 is 1.54. The molecule has 4 rings (SSSR count). The Morgan fingerprint density at radius 3 is 2.65 bits per heavy atom. The van der Waals surface area contributed by atoms with Gasteiger partial charge in [-0.1, -0.05) is 18.2 Å². The van der Waals surface area contributed by atoms with Crippen molar-refractivity contribution in [3.8, 4) is 16.5 Å². The van der Waals surface area contributed by atoms with E-state index in [9.17, 15) is 9.90 Å². The Labute approximate surface area is 201 Å². The third-order valence-corrected chi connectivity index (χ3v) is 6.02. The van der Waals surface area contributed by atoms with Crippen molar-refractivity contribution in [3.63, 3.8) is 0 Å². The van der Waals surface area contributed by atoms with Crippen molar-refractivity contribution < 1.29 is 23.9 Å². The highest BCUT2D eigenvalue weighted by Gasteiger charge is 2.30. The average Bonchev–Trinajstić information content (AvgIpc) is 3.53. The molecule has 0 spiro atoms. The van der Waals surface area contributed by atoms with Crippen molar-refractivity contribution in [3.05, 3.63) is 64.7 Å². The second-order valence-corrected chi connectivity index (χ2v) is 9.45. The van der Waals surface area contributed by atoms with Crippen LogP contribution in [-0.2, 0) is 22.7 Å². The molecule has 10 nitrogen and oxygen atoms in total. The molecule has 0 saturated heterocycles. The van der Waals surface area contributed by atoms with Crippen LogP contribution in [0, 0.1) is 13.8 Å². The van der Waals surface area contributed by atoms with Crippen LogP contribution in [0.25, 0.3) is 10.8 Å². The van der Waals surface area contributed by atoms with E-state index in [1.165, 1.54) is 13.8 Å². The molecule has 0 bridgehead atoms. The molecule has 0 radical (unpaired) electrons. The molecule has 180 valence electrons. The number of hydrazine groups is 1. The zero-order chi connectivity index (χ0) is 24.3. The van der Waals surface area contributed by atoms with Crippen LogP contribution in [0.5, 0.6) is 5.75 Å². The summed E-state index contributed by atoms with van der Waals surface area (Å²) in [5.41, 5.74) is 4.43. The number of aromatic nitrogens is 2. The summed E-state index contributed by atoms with van der Waals surface area (Å²) < 4.78 is 11.7. The van der Waals surface area contributed by atoms with Crippen molar-refractivity contribution in [2.75, 3.05) is 6.67 Å². The van der Waals surface area contributed by atoms with Gasteiger partial charge in [-0.25, -0.2) is 4.79 Å². The number of ether oxygens (including phenoxy) is 1. The van der Waals surface area contributed by atoms with Gasteiger partial charge in [0.2, 0.25) is 5.89 Å². The number of carboxylic acid groups (broad SMARTS) is 1. The Bertz CT molecular complexity index is 1140. The fourth-order valence-electron chi connectivity index (χ4n) is 3.52. The minimum absolute atomic E-state index is 0.405. The molecule has 1 aliphatic heterocycles. The van der Waals surface area contributed by atoms with E-state index in [4.69, 9.17) is 14.0 Å². The van der Waals surface area contributed by atoms with E-state index >= 15 is 0 Å². The molecule has 1 aromatic carbocycles. The number of nitrogens with one attached hydrogen (secondary N) is 1. The number of hydrogen-bond donors (Lipinski definition) is 2. The fourth-order valence-corrected chi connectivity index (χ4v) is 4.16. The summed E-state index contributed by atoms with van der Waals surface area (Å²) in [5.74, 6) is 0.548. The van der Waals surface area contributed by atoms with E-state index in [0.29, 0.717) is 37.3 Å². The summed E-state index contributed by atoms with van der Waals surface area (Å²) in [6.45, 7) is 8.28. The summed E-state index contributed by atoms with van der Waals surface area (Å²) in [5, 5.41) is 21.3. The second-order valence-electron chi connectivity index (χ2n) is 8.50. The van der Waals surface area contributed by atoms with Crippen molar-refractivity contribution in [1.82, 2.24) is 25.7 Å². The number of aliphatic carboxylic acids is 1. The Hall–Kier alpha value is -3.41. The third-order valence-electron chi connectivity index (χ3n) is 5.16. The SMILES string of the molecule is Cc1cc(CN(Cc2nnc(-c3cccs3)o2)CN2NC=CO2)cc(C)c1OC(C)(C)C(=O)O. The minimum atomic E-state index is -1.33. The molecule has 2 aromatic heterocycles. The van der Waals surface area contributed by atoms with Crippen LogP contribution in [0.1, 0.15) is 36.4 Å². The van der Waals surface area contributed by atoms with Gasteiger partial charge in [0.15, 0.2) is 5.60 Å². The van der Waals surface area contributed by atoms with Gasteiger partial charge in [0.1, 0.15) is 18.7 Å². The van der Waals surface area contributed by atoms with Gasteiger partial charge >= 0.3 is 5.97 Å². The van der Waals surface area contributed by atoms with Crippen molar-refractivity contribution in [1.29, 1.82) is 0 Å². The molecular weight excluding hydrogens is 458 g/mol. The number of aryl methyl sites for hydroxylation is 2. The Morgan fingerprint density at radius 1 is 1.26 bits per heavy atom. The molecule has 0 fully saturated rings. The van der Waals surface area contributed by atoms with Gasteiger partial charge in [0.25, 0.3) is 5.89 Å². The first-order valence-corrected chi connectivity index (χ1v) is 11.6. The number of thiophene rings is 1. The zero-order valence-electron chi connectivity index (χ0n) is 19.4. The molecule has 0 saturated carbocycles. The highest BCUT2D eigenvalue weighted by atomic mass is 32.1. The van der Waals surface area contributed by atoms with Crippen molar-refractivity contribution >= 4 is 17.3 Å². The molecule has 11 heteroatoms. The van der Waals surface area contributed by atoms with Crippen LogP contribution in [0.3, 0.4) is 0 Å². The highest BCUT2D eigenvalue weighted by molar-refractivity contribution is 7.13. The summed E-state index contributed by atoms with van der Waals surface area (Å²) in [4.78, 5) is 19.9. The Morgan fingerprint density at radius 2 is 2.03 bits per heavy atom. The lowest BCUT2D eigenvalue weighted by molar-refractivity contribution is -0.152. The van der Waals surface area contributed by atoms with E-state index in [1.807, 2.05) is 43.5 Å². The van der Waals surface area contributed by atoms with E-state index < -0.39 is 11.6 Å². The monoisotopic (exact) mass is 485 g/mol. The average molecular weight is 486 g/mol. The molecule has 3 aromatic rings. The normalized spacial score (nSPS) is 13.8. The maximum absolute atomic E-state index is 11.5. The maximum Gasteiger partial charge on any atom is 0.347 e. The maximum atomic E-state index is 11.5. The first-order chi connectivity index (χ1) is 16.2. The van der Waals surface area contributed by atoms with Gasteiger partial charge in [-0.3, -0.25) is 10.3 Å². The minimum Gasteiger partial charge on any atom is -0.478 e. The number of rotatable bonds is 10. The van der Waals surface area contributed by atoms with E-state index in [-0.39, 0.29) is 0 Å². The van der Waals surface area contributed by atoms with Gasteiger partial charge in [-0.15, -0.1) is 21.5 Å². The molecular formula is C23H27N5O5S. The van der Waals surface area contributed by atoms with Crippen LogP contribution in [0.4, 0.5) is 0 Å². The lowest BCUT2D eigenvalue weighted by atomic mass is 10.0. The smallest absolute Gasteiger partial charge is 0.347 e. The van der Waals surface area contributed by atoms with E-state index in [1.54, 1.807) is 29.0 Å². The highest BCUT2D eigenvalue weighted by Crippen LogP contribution is 2.30. The van der Waals surface area contributed by atoms with Gasteiger partial charge in [0, 0.05) is 6.54 Å². The van der Waals surface area contributed by atoms with Crippen LogP contribution in [0.2, 0.25) is 0 Å². The number of hydrogen-bond acceptors (Lipinski definition) is 10. The van der Waals surface area contributed by atoms with Crippen molar-refractivity contribution in [2.24, 2.45) is 0 Å². The van der Waals surface area contributed by atoms with Gasteiger partial charge < -0.3 is 19.1 Å². The number of benzene rings is 1. The number of carbonyl (C=O) groups is 1. The zero-order valence-corrected chi connectivity index (χ0v) is 20.3. The number of nitrogens with zero attached hydrogens (tertiary/aromatic N) is 4. The number of carboxylic acids is 1. The first kappa shape index (κ1) is 23.7. The predicted molar refractivity (Wildman–Crippen MR) is 125 cm³/mol. The lowest BCUT2D eigenvalue weighted by Gasteiger charge is -2.27. The molecule has 0 unspecified atom stereocenters. The first-order valence-electron chi connectivity index (χ1n) is 10.7. The van der Waals surface area contributed by atoms with E-state index in [0.717, 1.165) is 21.6 Å². The summed E-state index contributed by atoms with van der Waals surface area (Å²) in [7, 11) is 0. The molecule has 0 atom stereocenters. The molecule has 34 heavy (non-hydrogen) atoms. The molecule has 3 heterocycles. The molecule has 0 aliphatic carbocycles. The molecule has 2 N–H and O–H groups in total. The van der Waals surface area contributed by atoms with Crippen molar-refractivity contribution in [2.45, 2.75) is 46.4 Å². The lowest BCUT2D eigenvalue weighted by Crippen LogP contribution is -2.40.